The number of ether oxygens (including phenoxy) is 4. The van der Waals surface area contributed by atoms with E-state index in [0.717, 1.165) is 19.3 Å². The monoisotopic (exact) mass is 764 g/mol. The van der Waals surface area contributed by atoms with Crippen molar-refractivity contribution in [1.29, 1.82) is 0 Å². The van der Waals surface area contributed by atoms with Gasteiger partial charge in [0.2, 0.25) is 0 Å². The van der Waals surface area contributed by atoms with E-state index >= 15 is 0 Å². The first-order chi connectivity index (χ1) is 23.5. The molecule has 1 aliphatic heterocycles. The van der Waals surface area contributed by atoms with Crippen LogP contribution in [-0.4, -0.2) is 60.2 Å². The first-order valence-corrected chi connectivity index (χ1v) is 21.2. The molecule has 1 heterocycles. The van der Waals surface area contributed by atoms with Gasteiger partial charge in [-0.3, -0.25) is 24.0 Å². The van der Waals surface area contributed by atoms with E-state index in [-0.39, 0.29) is 45.8 Å². The zero-order valence-electron chi connectivity index (χ0n) is 29.7. The van der Waals surface area contributed by atoms with Crippen molar-refractivity contribution in [3.8, 4) is 5.75 Å². The lowest BCUT2D eigenvalue weighted by Crippen LogP contribution is -2.59. The van der Waals surface area contributed by atoms with Crippen LogP contribution in [0.2, 0.25) is 18.1 Å². The van der Waals surface area contributed by atoms with Crippen molar-refractivity contribution in [2.75, 3.05) is 0 Å². The third-order valence-electron chi connectivity index (χ3n) is 11.9. The quantitative estimate of drug-likeness (QED) is 0.101. The highest BCUT2D eigenvalue weighted by atomic mass is 79.9. The molecule has 8 atom stereocenters. The Morgan fingerprint density at radius 3 is 2.26 bits per heavy atom. The number of carbonyl (C=O) groups is 5. The van der Waals surface area contributed by atoms with Gasteiger partial charge in [-0.15, -0.1) is 0 Å². The highest BCUT2D eigenvalue weighted by Gasteiger charge is 2.62. The van der Waals surface area contributed by atoms with Gasteiger partial charge in [-0.05, 0) is 43.7 Å². The van der Waals surface area contributed by atoms with Gasteiger partial charge in [0, 0.05) is 50.2 Å². The zero-order chi connectivity index (χ0) is 36.3. The third kappa shape index (κ3) is 6.02. The van der Waals surface area contributed by atoms with Gasteiger partial charge in [0.25, 0.3) is 0 Å². The van der Waals surface area contributed by atoms with Gasteiger partial charge in [-0.2, -0.15) is 0 Å². The maximum absolute atomic E-state index is 14.8. The van der Waals surface area contributed by atoms with Crippen LogP contribution in [0.15, 0.2) is 54.1 Å². The van der Waals surface area contributed by atoms with Crippen molar-refractivity contribution < 1.29 is 42.9 Å². The minimum Gasteiger partial charge on any atom is -0.458 e. The number of Topliss-reactive ketones (excluding diaryl/α,β-unsaturated/α-hetero) is 2. The number of hydrogen-bond acceptors (Lipinski definition) is 9. The van der Waals surface area contributed by atoms with E-state index in [0.29, 0.717) is 12.0 Å². The average Bonchev–Trinajstić information content (AvgIpc) is 3.04. The second-order valence-electron chi connectivity index (χ2n) is 15.1. The van der Waals surface area contributed by atoms with E-state index < -0.39 is 60.6 Å². The highest BCUT2D eigenvalue weighted by molar-refractivity contribution is 9.10. The van der Waals surface area contributed by atoms with Crippen LogP contribution in [-0.2, 0) is 28.6 Å². The molecular weight excluding hydrogens is 720 g/mol. The van der Waals surface area contributed by atoms with Gasteiger partial charge >= 0.3 is 17.9 Å². The molecule has 266 valence electrons. The molecule has 0 radical (unpaired) electrons. The molecule has 0 aromatic heterocycles. The van der Waals surface area contributed by atoms with Crippen molar-refractivity contribution in [3.63, 3.8) is 0 Å². The van der Waals surface area contributed by atoms with Crippen molar-refractivity contribution >= 4 is 58.7 Å². The van der Waals surface area contributed by atoms with Crippen molar-refractivity contribution in [2.45, 2.75) is 114 Å². The second kappa shape index (κ2) is 13.3. The van der Waals surface area contributed by atoms with Gasteiger partial charge in [0.05, 0.1) is 25.8 Å². The molecule has 0 spiro atoms. The minimum absolute atomic E-state index is 0.0192. The van der Waals surface area contributed by atoms with E-state index in [1.165, 1.54) is 31.5 Å². The van der Waals surface area contributed by atoms with Crippen LogP contribution in [0, 0.1) is 11.8 Å². The maximum Gasteiger partial charge on any atom is 0.308 e. The number of carbonyl (C=O) groups excluding carboxylic acids is 5. The number of fused-ring (bicyclic) bond motifs is 4. The van der Waals surface area contributed by atoms with E-state index in [1.54, 1.807) is 19.1 Å². The van der Waals surface area contributed by atoms with Gasteiger partial charge in [-0.1, -0.05) is 89.2 Å². The number of ketones is 2. The van der Waals surface area contributed by atoms with Crippen LogP contribution in [0.4, 0.5) is 0 Å². The predicted octanol–water partition coefficient (Wildman–Crippen LogP) is 6.96. The summed E-state index contributed by atoms with van der Waals surface area (Å²) in [4.78, 5) is 65.9. The van der Waals surface area contributed by atoms with Gasteiger partial charge in [0.1, 0.15) is 16.2 Å². The highest BCUT2D eigenvalue weighted by Crippen LogP contribution is 2.62. The molecule has 2 aromatic rings. The third-order valence-corrected chi connectivity index (χ3v) is 18.6. The smallest absolute Gasteiger partial charge is 0.308 e. The summed E-state index contributed by atoms with van der Waals surface area (Å²) in [5.41, 5.74) is 1.88. The summed E-state index contributed by atoms with van der Waals surface area (Å²) in [5.74, 6) is -3.09. The Labute approximate surface area is 302 Å². The summed E-state index contributed by atoms with van der Waals surface area (Å²) in [7, 11) is -1.93. The number of esters is 3. The van der Waals surface area contributed by atoms with E-state index in [9.17, 15) is 24.0 Å². The summed E-state index contributed by atoms with van der Waals surface area (Å²) in [6.07, 6.45) is 1.98. The largest absolute Gasteiger partial charge is 0.458 e. The summed E-state index contributed by atoms with van der Waals surface area (Å²) in [6.45, 7) is 12.7. The van der Waals surface area contributed by atoms with Crippen LogP contribution in [0.1, 0.15) is 99.1 Å². The van der Waals surface area contributed by atoms with Crippen LogP contribution >= 0.6 is 15.9 Å². The average molecular weight is 766 g/mol. The van der Waals surface area contributed by atoms with E-state index in [2.05, 4.69) is 72.4 Å². The molecule has 0 amide bonds. The standard InChI is InChI=1S/C39H45BrO9Si/c1-21-35(48-23(3)42)32(47-22(2)41)19-31(46-21)27-14-15-28-33(36(27)49-24(4)43)34(44)30-16-13-25-20-38(5,18-17-29(25)39(30,40)37(28)45)50(6,7)26-11-9-8-10-12-26/h8-15,21,29-32,35H,16-20H2,1-7H3. The summed E-state index contributed by atoms with van der Waals surface area (Å²) in [5, 5.41) is 1.48. The molecule has 6 rings (SSSR count). The number of rotatable bonds is 6. The summed E-state index contributed by atoms with van der Waals surface area (Å²) < 4.78 is 21.9. The molecule has 4 aliphatic rings. The lowest BCUT2D eigenvalue weighted by atomic mass is 9.58. The molecule has 0 bridgehead atoms. The molecule has 8 unspecified atom stereocenters. The first kappa shape index (κ1) is 36.4. The number of allylic oxidation sites excluding steroid dienone is 2. The SMILES string of the molecule is CC(=O)Oc1c(C2CC(OC(C)=O)C(OC(C)=O)C(C)O2)ccc2c1C(=O)C1CC=C3CC(C)([Si](C)(C)c4ccccc4)CCC3C1(Br)C2=O. The molecule has 3 aliphatic carbocycles. The fraction of sp³-hybridized carbons (Fsp3) is 0.513. The van der Waals surface area contributed by atoms with E-state index in [1.807, 2.05) is 0 Å². The van der Waals surface area contributed by atoms with E-state index in [4.69, 9.17) is 18.9 Å². The van der Waals surface area contributed by atoms with Crippen LogP contribution < -0.4 is 9.92 Å². The molecule has 2 aromatic carbocycles. The number of halogens is 1. The molecular formula is C39H45BrO9Si. The Balaban J connectivity index is 1.37. The number of hydrogen-bond donors (Lipinski definition) is 0. The Hall–Kier alpha value is -3.41. The molecule has 9 nitrogen and oxygen atoms in total. The normalized spacial score (nSPS) is 32.1. The topological polar surface area (TPSA) is 122 Å². The lowest BCUT2D eigenvalue weighted by molar-refractivity contribution is -0.204. The van der Waals surface area contributed by atoms with Gasteiger partial charge < -0.3 is 18.9 Å². The van der Waals surface area contributed by atoms with Crippen LogP contribution in [0.5, 0.6) is 5.75 Å². The summed E-state index contributed by atoms with van der Waals surface area (Å²) in [6, 6.07) is 14.0. The number of benzene rings is 2. The Kier molecular flexibility index (Phi) is 9.67. The molecule has 2 fully saturated rings. The van der Waals surface area contributed by atoms with Crippen molar-refractivity contribution in [2.24, 2.45) is 11.8 Å². The van der Waals surface area contributed by atoms with Crippen LogP contribution in [0.3, 0.4) is 0 Å². The van der Waals surface area contributed by atoms with Gasteiger partial charge in [-0.25, -0.2) is 0 Å². The van der Waals surface area contributed by atoms with Crippen LogP contribution in [0.25, 0.3) is 0 Å². The predicted molar refractivity (Wildman–Crippen MR) is 193 cm³/mol. The van der Waals surface area contributed by atoms with Crippen molar-refractivity contribution in [3.05, 3.63) is 70.8 Å². The molecule has 11 heteroatoms. The van der Waals surface area contributed by atoms with Crippen molar-refractivity contribution in [1.82, 2.24) is 0 Å². The fourth-order valence-electron chi connectivity index (χ4n) is 8.89. The molecule has 0 N–H and O–H groups in total. The second-order valence-corrected chi connectivity index (χ2v) is 21.5. The zero-order valence-corrected chi connectivity index (χ0v) is 32.3. The number of alkyl halides is 1. The minimum atomic E-state index is -1.93. The summed E-state index contributed by atoms with van der Waals surface area (Å²) >= 11 is 3.94. The fourth-order valence-corrected chi connectivity index (χ4v) is 13.2. The first-order valence-electron chi connectivity index (χ1n) is 17.4. The Morgan fingerprint density at radius 2 is 1.62 bits per heavy atom. The maximum atomic E-state index is 14.8. The lowest BCUT2D eigenvalue weighted by Gasteiger charge is -2.54. The molecule has 50 heavy (non-hydrogen) atoms. The Morgan fingerprint density at radius 1 is 0.940 bits per heavy atom. The Bertz CT molecular complexity index is 1790. The van der Waals surface area contributed by atoms with Gasteiger partial charge in [0.15, 0.2) is 17.7 Å². The molecule has 1 saturated heterocycles. The molecule has 1 saturated carbocycles.